The Morgan fingerprint density at radius 2 is 1.42 bits per heavy atom. The number of fused-ring (bicyclic) bond motifs is 3. The van der Waals surface area contributed by atoms with E-state index in [2.05, 4.69) is 129 Å². The highest BCUT2D eigenvalue weighted by Crippen LogP contribution is 2.36. The van der Waals surface area contributed by atoms with Crippen LogP contribution in [0.25, 0.3) is 32.6 Å². The molecule has 6 N–H and O–H groups in total. The number of aromatic nitrogens is 2. The molecule has 4 aromatic carbocycles. The van der Waals surface area contributed by atoms with Gasteiger partial charge in [0.1, 0.15) is 5.84 Å². The topological polar surface area (TPSA) is 114 Å². The van der Waals surface area contributed by atoms with Gasteiger partial charge in [-0.3, -0.25) is 10.2 Å². The summed E-state index contributed by atoms with van der Waals surface area (Å²) in [5.41, 5.74) is 11.5. The van der Waals surface area contributed by atoms with Crippen LogP contribution in [0.15, 0.2) is 116 Å². The molecule has 1 fully saturated rings. The number of allylic oxidation sites excluding steroid dienone is 1. The van der Waals surface area contributed by atoms with E-state index < -0.39 is 0 Å². The first kappa shape index (κ1) is 32.8. The molecule has 1 aliphatic rings. The SMILES string of the molecule is C=C([C@@H](Cc1c[nH]c2ccccc12)C1CCNCC1)N(Cc1cccc2ccccc12)C(=N)CCCc1c[nH]c2ccccc12.NC=O. The van der Waals surface area contributed by atoms with Gasteiger partial charge in [-0.25, -0.2) is 0 Å². The van der Waals surface area contributed by atoms with E-state index in [9.17, 15) is 5.41 Å². The van der Waals surface area contributed by atoms with Gasteiger partial charge in [-0.2, -0.15) is 0 Å². The number of hydrogen-bond acceptors (Lipinski definition) is 3. The summed E-state index contributed by atoms with van der Waals surface area (Å²) in [6.45, 7) is 7.56. The Morgan fingerprint density at radius 1 is 0.833 bits per heavy atom. The molecule has 7 heteroatoms. The minimum absolute atomic E-state index is 0.246. The molecule has 0 unspecified atom stereocenters. The van der Waals surface area contributed by atoms with E-state index >= 15 is 0 Å². The van der Waals surface area contributed by atoms with Crippen LogP contribution in [0.5, 0.6) is 0 Å². The second-order valence-corrected chi connectivity index (χ2v) is 12.8. The number of benzene rings is 4. The van der Waals surface area contributed by atoms with Crippen LogP contribution < -0.4 is 11.1 Å². The summed E-state index contributed by atoms with van der Waals surface area (Å²) in [5.74, 6) is 1.42. The fourth-order valence-electron chi connectivity index (χ4n) is 7.43. The summed E-state index contributed by atoms with van der Waals surface area (Å²) < 4.78 is 0. The normalized spacial score (nSPS) is 14.0. The fourth-order valence-corrected chi connectivity index (χ4v) is 7.43. The monoisotopic (exact) mass is 638 g/mol. The molecule has 246 valence electrons. The number of aryl methyl sites for hydroxylation is 1. The predicted molar refractivity (Wildman–Crippen MR) is 199 cm³/mol. The number of hydrogen-bond donors (Lipinski definition) is 5. The zero-order valence-corrected chi connectivity index (χ0v) is 27.6. The number of nitrogens with one attached hydrogen (secondary N) is 4. The highest BCUT2D eigenvalue weighted by molar-refractivity contribution is 5.87. The number of nitrogens with two attached hydrogens (primary N) is 1. The van der Waals surface area contributed by atoms with Crippen molar-refractivity contribution >= 4 is 44.8 Å². The summed E-state index contributed by atoms with van der Waals surface area (Å²) in [7, 11) is 0. The average molecular weight is 639 g/mol. The van der Waals surface area contributed by atoms with E-state index in [-0.39, 0.29) is 12.3 Å². The minimum atomic E-state index is 0.246. The number of nitrogens with zero attached hydrogens (tertiary/aromatic N) is 1. The van der Waals surface area contributed by atoms with Crippen molar-refractivity contribution in [3.8, 4) is 0 Å². The van der Waals surface area contributed by atoms with Gasteiger partial charge in [0.15, 0.2) is 0 Å². The van der Waals surface area contributed by atoms with Crippen LogP contribution in [0.2, 0.25) is 0 Å². The van der Waals surface area contributed by atoms with Crippen LogP contribution in [0.4, 0.5) is 0 Å². The van der Waals surface area contributed by atoms with E-state index in [1.165, 1.54) is 49.3 Å². The summed E-state index contributed by atoms with van der Waals surface area (Å²) in [4.78, 5) is 17.8. The third-order valence-corrected chi connectivity index (χ3v) is 9.91. The second-order valence-electron chi connectivity index (χ2n) is 12.8. The zero-order valence-electron chi connectivity index (χ0n) is 27.6. The average Bonchev–Trinajstić information content (AvgIpc) is 3.74. The number of amides is 1. The van der Waals surface area contributed by atoms with Crippen LogP contribution in [0.1, 0.15) is 42.4 Å². The Hall–Kier alpha value is -5.14. The van der Waals surface area contributed by atoms with Gasteiger partial charge in [0, 0.05) is 58.8 Å². The molecular weight excluding hydrogens is 592 g/mol. The lowest BCUT2D eigenvalue weighted by molar-refractivity contribution is -0.106. The lowest BCUT2D eigenvalue weighted by Crippen LogP contribution is -2.39. The Balaban J connectivity index is 0.00000129. The molecule has 0 saturated carbocycles. The molecule has 0 bridgehead atoms. The summed E-state index contributed by atoms with van der Waals surface area (Å²) in [6, 6.07) is 32.3. The molecule has 3 heterocycles. The molecule has 0 radical (unpaired) electrons. The van der Waals surface area contributed by atoms with Crippen LogP contribution in [0, 0.1) is 17.2 Å². The predicted octanol–water partition coefficient (Wildman–Crippen LogP) is 8.08. The molecule has 1 aliphatic heterocycles. The van der Waals surface area contributed by atoms with Gasteiger partial charge in [0.05, 0.1) is 0 Å². The van der Waals surface area contributed by atoms with Gasteiger partial charge in [-0.1, -0.05) is 85.4 Å². The van der Waals surface area contributed by atoms with Gasteiger partial charge in [0.2, 0.25) is 6.41 Å². The Bertz CT molecular complexity index is 1990. The van der Waals surface area contributed by atoms with Gasteiger partial charge in [-0.15, -0.1) is 0 Å². The van der Waals surface area contributed by atoms with Crippen molar-refractivity contribution < 1.29 is 4.79 Å². The van der Waals surface area contributed by atoms with E-state index in [0.717, 1.165) is 50.9 Å². The number of para-hydroxylation sites is 2. The third-order valence-electron chi connectivity index (χ3n) is 9.91. The molecule has 0 spiro atoms. The summed E-state index contributed by atoms with van der Waals surface area (Å²) in [5, 5.41) is 18.2. The van der Waals surface area contributed by atoms with E-state index in [1.54, 1.807) is 0 Å². The zero-order chi connectivity index (χ0) is 33.3. The molecule has 0 aliphatic carbocycles. The molecule has 48 heavy (non-hydrogen) atoms. The first-order valence-electron chi connectivity index (χ1n) is 17.0. The number of primary amides is 1. The van der Waals surface area contributed by atoms with E-state index in [4.69, 9.17) is 11.4 Å². The number of carbonyl (C=O) groups is 1. The Kier molecular flexibility index (Phi) is 10.7. The maximum Gasteiger partial charge on any atom is 0.204 e. The third kappa shape index (κ3) is 7.37. The lowest BCUT2D eigenvalue weighted by atomic mass is 9.78. The standard InChI is InChI=1S/C40H43N5.CH3NO/c1-28(37(30-20-22-42-23-21-30)24-33-26-44-39-18-7-5-16-36(33)39)45(27-32-13-8-11-29-10-2-3-14-34(29)32)40(41)19-9-12-31-25-43-38-17-6-4-15-35(31)38;2-1-3/h2-8,10-11,13-18,25-26,30,37,41-44H,1,9,12,19-24,27H2;1H,(H2,2,3)/t37-;/m1./s1. The maximum atomic E-state index is 9.55. The Morgan fingerprint density at radius 3 is 2.12 bits per heavy atom. The molecule has 2 aromatic heterocycles. The molecule has 1 atom stereocenters. The number of rotatable bonds is 11. The van der Waals surface area contributed by atoms with Gasteiger partial charge >= 0.3 is 0 Å². The van der Waals surface area contributed by atoms with Gasteiger partial charge < -0.3 is 25.9 Å². The quantitative estimate of drug-likeness (QED) is 0.0562. The van der Waals surface area contributed by atoms with Crippen LogP contribution in [-0.4, -0.2) is 40.2 Å². The van der Waals surface area contributed by atoms with Gasteiger partial charge in [-0.05, 0) is 90.7 Å². The number of H-pyrrole nitrogens is 2. The van der Waals surface area contributed by atoms with Crippen LogP contribution in [0.3, 0.4) is 0 Å². The van der Waals surface area contributed by atoms with Crippen LogP contribution in [-0.2, 0) is 24.2 Å². The van der Waals surface area contributed by atoms with E-state index in [0.29, 0.717) is 24.7 Å². The highest BCUT2D eigenvalue weighted by atomic mass is 16.1. The first-order chi connectivity index (χ1) is 23.6. The van der Waals surface area contributed by atoms with E-state index in [1.807, 2.05) is 0 Å². The van der Waals surface area contributed by atoms with Crippen molar-refractivity contribution in [3.05, 3.63) is 132 Å². The van der Waals surface area contributed by atoms with Crippen LogP contribution >= 0.6 is 0 Å². The molecule has 1 saturated heterocycles. The van der Waals surface area contributed by atoms with Gasteiger partial charge in [0.25, 0.3) is 0 Å². The smallest absolute Gasteiger partial charge is 0.204 e. The van der Waals surface area contributed by atoms with Crippen molar-refractivity contribution in [2.24, 2.45) is 17.6 Å². The second kappa shape index (κ2) is 15.6. The van der Waals surface area contributed by atoms with Crippen molar-refractivity contribution in [1.82, 2.24) is 20.2 Å². The highest BCUT2D eigenvalue weighted by Gasteiger charge is 2.31. The number of aromatic amines is 2. The number of carbonyl (C=O) groups excluding carboxylic acids is 1. The summed E-state index contributed by atoms with van der Waals surface area (Å²) >= 11 is 0. The molecule has 6 aromatic rings. The molecular formula is C41H46N6O. The largest absolute Gasteiger partial charge is 0.372 e. The van der Waals surface area contributed by atoms with Crippen molar-refractivity contribution in [1.29, 1.82) is 5.41 Å². The van der Waals surface area contributed by atoms with Crippen molar-refractivity contribution in [2.75, 3.05) is 13.1 Å². The number of amidine groups is 1. The van der Waals surface area contributed by atoms with Crippen molar-refractivity contribution in [2.45, 2.75) is 45.1 Å². The lowest BCUT2D eigenvalue weighted by Gasteiger charge is -2.38. The minimum Gasteiger partial charge on any atom is -0.372 e. The Labute approximate surface area is 282 Å². The van der Waals surface area contributed by atoms with Crippen molar-refractivity contribution in [3.63, 3.8) is 0 Å². The summed E-state index contributed by atoms with van der Waals surface area (Å²) in [6.07, 6.45) is 10.3. The maximum absolute atomic E-state index is 9.55. The number of piperidine rings is 1. The molecule has 1 amide bonds. The fraction of sp³-hybridized carbons (Fsp3) is 0.268. The molecule has 7 nitrogen and oxygen atoms in total. The molecule has 7 rings (SSSR count). The first-order valence-corrected chi connectivity index (χ1v) is 17.0.